The van der Waals surface area contributed by atoms with Crippen molar-refractivity contribution in [3.8, 4) is 17.1 Å². The second kappa shape index (κ2) is 10.1. The zero-order valence-corrected chi connectivity index (χ0v) is 18.8. The lowest BCUT2D eigenvalue weighted by molar-refractivity contribution is 0.0887. The van der Waals surface area contributed by atoms with Gasteiger partial charge in [-0.2, -0.15) is 0 Å². The number of hydrogen-bond acceptors (Lipinski definition) is 8. The number of rotatable bonds is 5. The summed E-state index contributed by atoms with van der Waals surface area (Å²) in [6, 6.07) is 9.02. The van der Waals surface area contributed by atoms with Gasteiger partial charge in [0, 0.05) is 25.4 Å². The maximum absolute atomic E-state index is 13.2. The number of amides is 2. The van der Waals surface area contributed by atoms with Gasteiger partial charge in [-0.05, 0) is 25.1 Å². The van der Waals surface area contributed by atoms with Crippen LogP contribution in [0.4, 0.5) is 4.79 Å². The van der Waals surface area contributed by atoms with Crippen LogP contribution in [0.3, 0.4) is 0 Å². The molecule has 0 bridgehead atoms. The van der Waals surface area contributed by atoms with Crippen LogP contribution in [0.5, 0.6) is 5.75 Å². The van der Waals surface area contributed by atoms with Gasteiger partial charge in [-0.3, -0.25) is 14.2 Å². The van der Waals surface area contributed by atoms with Crippen molar-refractivity contribution in [2.75, 3.05) is 26.8 Å². The van der Waals surface area contributed by atoms with Gasteiger partial charge in [0.05, 0.1) is 37.2 Å². The number of aromatic nitrogens is 4. The van der Waals surface area contributed by atoms with Gasteiger partial charge in [-0.1, -0.05) is 12.1 Å². The summed E-state index contributed by atoms with van der Waals surface area (Å²) in [5.74, 6) is 0.286. The van der Waals surface area contributed by atoms with Gasteiger partial charge in [0.1, 0.15) is 23.9 Å². The number of carbonyl (C=O) groups excluding carboxylic acids is 2. The molecule has 1 unspecified atom stereocenters. The van der Waals surface area contributed by atoms with E-state index >= 15 is 0 Å². The molecule has 0 radical (unpaired) electrons. The van der Waals surface area contributed by atoms with E-state index in [1.165, 1.54) is 29.0 Å². The number of nitrogens with zero attached hydrogens (tertiary/aromatic N) is 5. The topological polar surface area (TPSA) is 129 Å². The van der Waals surface area contributed by atoms with E-state index in [-0.39, 0.29) is 31.8 Å². The van der Waals surface area contributed by atoms with Gasteiger partial charge in [0.15, 0.2) is 0 Å². The summed E-state index contributed by atoms with van der Waals surface area (Å²) < 4.78 is 11.9. The molecule has 1 N–H and O–H groups in total. The first-order valence-electron chi connectivity index (χ1n) is 10.8. The third-order valence-electron chi connectivity index (χ3n) is 5.37. The van der Waals surface area contributed by atoms with Gasteiger partial charge in [0.25, 0.3) is 11.5 Å². The lowest BCUT2D eigenvalue weighted by Gasteiger charge is -2.24. The Bertz CT molecular complexity index is 1250. The molecule has 0 saturated heterocycles. The van der Waals surface area contributed by atoms with Crippen molar-refractivity contribution in [3.63, 3.8) is 0 Å². The average molecular weight is 464 g/mol. The fourth-order valence-corrected chi connectivity index (χ4v) is 3.76. The van der Waals surface area contributed by atoms with E-state index in [1.807, 2.05) is 0 Å². The van der Waals surface area contributed by atoms with Gasteiger partial charge < -0.3 is 19.7 Å². The highest BCUT2D eigenvalue weighted by Crippen LogP contribution is 2.22. The molecule has 2 amide bonds. The van der Waals surface area contributed by atoms with E-state index in [2.05, 4.69) is 20.3 Å². The van der Waals surface area contributed by atoms with Crippen molar-refractivity contribution in [2.24, 2.45) is 0 Å². The molecule has 1 aliphatic heterocycles. The molecule has 3 heterocycles. The lowest BCUT2D eigenvalue weighted by Crippen LogP contribution is -2.41. The van der Waals surface area contributed by atoms with Crippen LogP contribution in [0.2, 0.25) is 0 Å². The Morgan fingerprint density at radius 2 is 2.00 bits per heavy atom. The highest BCUT2D eigenvalue weighted by Gasteiger charge is 2.31. The molecule has 0 fully saturated rings. The zero-order chi connectivity index (χ0) is 24.1. The molecule has 4 rings (SSSR count). The first-order chi connectivity index (χ1) is 16.5. The van der Waals surface area contributed by atoms with Crippen LogP contribution in [0, 0.1) is 0 Å². The molecule has 34 heavy (non-hydrogen) atoms. The highest BCUT2D eigenvalue weighted by molar-refractivity contribution is 5.97. The first-order valence-corrected chi connectivity index (χ1v) is 10.8. The van der Waals surface area contributed by atoms with Crippen LogP contribution in [0.1, 0.15) is 29.1 Å². The lowest BCUT2D eigenvalue weighted by atomic mass is 10.1. The van der Waals surface area contributed by atoms with Gasteiger partial charge in [0.2, 0.25) is 0 Å². The van der Waals surface area contributed by atoms with Crippen LogP contribution in [0.15, 0.2) is 53.7 Å². The third kappa shape index (κ3) is 4.72. The number of para-hydroxylation sites is 1. The van der Waals surface area contributed by atoms with Crippen LogP contribution in [-0.2, 0) is 11.3 Å². The van der Waals surface area contributed by atoms with E-state index in [0.29, 0.717) is 28.5 Å². The molecule has 0 saturated carbocycles. The molecule has 0 aliphatic carbocycles. The van der Waals surface area contributed by atoms with Crippen molar-refractivity contribution in [1.29, 1.82) is 0 Å². The highest BCUT2D eigenvalue weighted by atomic mass is 16.6. The Labute approximate surface area is 195 Å². The summed E-state index contributed by atoms with van der Waals surface area (Å²) in [4.78, 5) is 52.9. The summed E-state index contributed by atoms with van der Waals surface area (Å²) in [6.07, 6.45) is 2.39. The number of nitrogens with one attached hydrogen (secondary N) is 1. The smallest absolute Gasteiger partial charge is 0.409 e. The van der Waals surface area contributed by atoms with E-state index in [0.717, 1.165) is 0 Å². The molecule has 1 aliphatic rings. The number of hydrogen-bond donors (Lipinski definition) is 1. The molecule has 3 aromatic rings. The maximum atomic E-state index is 13.2. The predicted molar refractivity (Wildman–Crippen MR) is 121 cm³/mol. The normalized spacial score (nSPS) is 15.1. The monoisotopic (exact) mass is 464 g/mol. The summed E-state index contributed by atoms with van der Waals surface area (Å²) >= 11 is 0. The maximum Gasteiger partial charge on any atom is 0.409 e. The molecule has 11 heteroatoms. The van der Waals surface area contributed by atoms with Gasteiger partial charge in [-0.15, -0.1) is 0 Å². The number of carbonyl (C=O) groups is 2. The van der Waals surface area contributed by atoms with Crippen molar-refractivity contribution in [1.82, 2.24) is 29.7 Å². The first kappa shape index (κ1) is 22.9. The Kier molecular flexibility index (Phi) is 6.81. The van der Waals surface area contributed by atoms with Crippen LogP contribution < -0.4 is 15.6 Å². The van der Waals surface area contributed by atoms with E-state index in [9.17, 15) is 14.4 Å². The average Bonchev–Trinajstić information content (AvgIpc) is 3.04. The van der Waals surface area contributed by atoms with E-state index in [1.54, 1.807) is 43.5 Å². The standard InChI is InChI=1S/C23H24N6O5/c1-3-34-23(32)28-10-11-29-20(30)12-17(16-8-9-24-14-25-16)26-21(29)18(13-28)27-22(31)15-6-4-5-7-19(15)33-2/h4-9,12,14,18H,3,10-11,13H2,1-2H3,(H,27,31). The number of ether oxygens (including phenoxy) is 2. The van der Waals surface area contributed by atoms with Gasteiger partial charge >= 0.3 is 6.09 Å². The molecule has 176 valence electrons. The molecule has 1 atom stereocenters. The van der Waals surface area contributed by atoms with Crippen molar-refractivity contribution in [2.45, 2.75) is 19.5 Å². The molecular weight excluding hydrogens is 440 g/mol. The Balaban J connectivity index is 1.76. The molecule has 11 nitrogen and oxygen atoms in total. The number of benzene rings is 1. The van der Waals surface area contributed by atoms with Crippen LogP contribution in [-0.4, -0.2) is 63.2 Å². The fraction of sp³-hybridized carbons (Fsp3) is 0.304. The minimum absolute atomic E-state index is 0.0688. The summed E-state index contributed by atoms with van der Waals surface area (Å²) in [6.45, 7) is 2.41. The summed E-state index contributed by atoms with van der Waals surface area (Å²) in [7, 11) is 1.48. The van der Waals surface area contributed by atoms with Crippen molar-refractivity contribution < 1.29 is 19.1 Å². The largest absolute Gasteiger partial charge is 0.496 e. The number of fused-ring (bicyclic) bond motifs is 1. The van der Waals surface area contributed by atoms with Crippen molar-refractivity contribution >= 4 is 12.0 Å². The molecule has 2 aromatic heterocycles. The fourth-order valence-electron chi connectivity index (χ4n) is 3.76. The second-order valence-electron chi connectivity index (χ2n) is 7.46. The quantitative estimate of drug-likeness (QED) is 0.604. The zero-order valence-electron chi connectivity index (χ0n) is 18.8. The Hall–Kier alpha value is -4.28. The summed E-state index contributed by atoms with van der Waals surface area (Å²) in [5.41, 5.74) is 0.815. The Morgan fingerprint density at radius 1 is 1.18 bits per heavy atom. The van der Waals surface area contributed by atoms with Crippen LogP contribution in [0.25, 0.3) is 11.4 Å². The van der Waals surface area contributed by atoms with E-state index in [4.69, 9.17) is 9.47 Å². The Morgan fingerprint density at radius 3 is 2.74 bits per heavy atom. The molecule has 1 aromatic carbocycles. The SMILES string of the molecule is CCOC(=O)N1CCn2c(nc(-c3ccncn3)cc2=O)C(NC(=O)c2ccccc2OC)C1. The second-order valence-corrected chi connectivity index (χ2v) is 7.46. The predicted octanol–water partition coefficient (Wildman–Crippen LogP) is 1.65. The minimum atomic E-state index is -0.793. The minimum Gasteiger partial charge on any atom is -0.496 e. The molecule has 0 spiro atoms. The summed E-state index contributed by atoms with van der Waals surface area (Å²) in [5, 5.41) is 2.92. The van der Waals surface area contributed by atoms with Gasteiger partial charge in [-0.25, -0.2) is 19.7 Å². The molecular formula is C23H24N6O5. The third-order valence-corrected chi connectivity index (χ3v) is 5.37. The number of methoxy groups -OCH3 is 1. The van der Waals surface area contributed by atoms with Crippen molar-refractivity contribution in [3.05, 3.63) is 70.7 Å². The van der Waals surface area contributed by atoms with Crippen LogP contribution >= 0.6 is 0 Å². The van der Waals surface area contributed by atoms with E-state index < -0.39 is 18.0 Å².